The second kappa shape index (κ2) is 6.28. The Kier molecular flexibility index (Phi) is 4.99. The fourth-order valence-electron chi connectivity index (χ4n) is 1.47. The summed E-state index contributed by atoms with van der Waals surface area (Å²) in [5.74, 6) is -0.177. The maximum Gasteiger partial charge on any atom is 0.306 e. The van der Waals surface area contributed by atoms with Crippen LogP contribution in [0.5, 0.6) is 0 Å². The zero-order valence-corrected chi connectivity index (χ0v) is 10.1. The molecule has 88 valence electrons. The van der Waals surface area contributed by atoms with Crippen molar-refractivity contribution in [2.24, 2.45) is 0 Å². The van der Waals surface area contributed by atoms with Gasteiger partial charge in [-0.3, -0.25) is 4.79 Å². The number of hydrogen-bond acceptors (Lipinski definition) is 3. The minimum Gasteiger partial charge on any atom is -0.469 e. The van der Waals surface area contributed by atoms with Crippen molar-refractivity contribution in [1.82, 2.24) is 5.32 Å². The summed E-state index contributed by atoms with van der Waals surface area (Å²) in [6.07, 6.45) is 0.409. The van der Waals surface area contributed by atoms with E-state index >= 15 is 0 Å². The highest BCUT2D eigenvalue weighted by atomic mass is 16.5. The molecule has 0 heterocycles. The number of carbonyl (C=O) groups excluding carboxylic acids is 1. The Balaban J connectivity index is 2.37. The number of methoxy groups -OCH3 is 1. The van der Waals surface area contributed by atoms with Gasteiger partial charge >= 0.3 is 5.97 Å². The van der Waals surface area contributed by atoms with Gasteiger partial charge in [-0.2, -0.15) is 0 Å². The molecule has 1 rings (SSSR count). The van der Waals surface area contributed by atoms with Crippen molar-refractivity contribution in [2.75, 3.05) is 13.7 Å². The third kappa shape index (κ3) is 4.03. The quantitative estimate of drug-likeness (QED) is 0.775. The van der Waals surface area contributed by atoms with Gasteiger partial charge < -0.3 is 10.1 Å². The molecule has 1 aromatic rings. The Hall–Kier alpha value is -1.35. The van der Waals surface area contributed by atoms with Crippen molar-refractivity contribution < 1.29 is 9.53 Å². The number of benzene rings is 1. The average molecular weight is 221 g/mol. The topological polar surface area (TPSA) is 38.3 Å². The number of aryl methyl sites for hydroxylation is 1. The molecule has 0 fully saturated rings. The molecule has 1 N–H and O–H groups in total. The van der Waals surface area contributed by atoms with E-state index in [9.17, 15) is 4.79 Å². The summed E-state index contributed by atoms with van der Waals surface area (Å²) in [5, 5.41) is 3.28. The van der Waals surface area contributed by atoms with Gasteiger partial charge in [-0.1, -0.05) is 29.8 Å². The van der Waals surface area contributed by atoms with Crippen LogP contribution in [-0.2, 0) is 9.53 Å². The number of rotatable bonds is 5. The van der Waals surface area contributed by atoms with E-state index in [0.29, 0.717) is 13.0 Å². The molecule has 0 aliphatic heterocycles. The van der Waals surface area contributed by atoms with Crippen LogP contribution in [0.2, 0.25) is 0 Å². The van der Waals surface area contributed by atoms with Crippen LogP contribution in [0.1, 0.15) is 30.5 Å². The Morgan fingerprint density at radius 1 is 1.38 bits per heavy atom. The number of ether oxygens (including phenoxy) is 1. The molecule has 0 aromatic heterocycles. The van der Waals surface area contributed by atoms with Crippen molar-refractivity contribution in [1.29, 1.82) is 0 Å². The zero-order valence-electron chi connectivity index (χ0n) is 10.1. The van der Waals surface area contributed by atoms with Crippen LogP contribution in [0.3, 0.4) is 0 Å². The minimum atomic E-state index is -0.177. The van der Waals surface area contributed by atoms with Crippen LogP contribution < -0.4 is 5.32 Å². The molecule has 0 radical (unpaired) electrons. The van der Waals surface area contributed by atoms with Crippen molar-refractivity contribution in [3.8, 4) is 0 Å². The van der Waals surface area contributed by atoms with Gasteiger partial charge in [0.15, 0.2) is 0 Å². The molecule has 3 nitrogen and oxygen atoms in total. The maximum atomic E-state index is 10.9. The zero-order chi connectivity index (χ0) is 12.0. The highest BCUT2D eigenvalue weighted by Crippen LogP contribution is 2.12. The fourth-order valence-corrected chi connectivity index (χ4v) is 1.47. The van der Waals surface area contributed by atoms with Crippen LogP contribution in [-0.4, -0.2) is 19.6 Å². The fraction of sp³-hybridized carbons (Fsp3) is 0.462. The Bertz CT molecular complexity index is 332. The molecule has 3 heteroatoms. The first-order valence-electron chi connectivity index (χ1n) is 5.50. The standard InChI is InChI=1S/C13H19NO2/c1-10-4-6-12(7-5-10)11(2)14-9-8-13(15)16-3/h4-7,11,14H,8-9H2,1-3H3. The predicted molar refractivity (Wildman–Crippen MR) is 64.2 cm³/mol. The molecule has 16 heavy (non-hydrogen) atoms. The first-order chi connectivity index (χ1) is 7.63. The van der Waals surface area contributed by atoms with E-state index < -0.39 is 0 Å². The second-order valence-electron chi connectivity index (χ2n) is 3.91. The van der Waals surface area contributed by atoms with Gasteiger partial charge in [0.25, 0.3) is 0 Å². The lowest BCUT2D eigenvalue weighted by Crippen LogP contribution is -2.22. The van der Waals surface area contributed by atoms with Crippen LogP contribution in [0.4, 0.5) is 0 Å². The molecule has 0 aliphatic carbocycles. The molecular weight excluding hydrogens is 202 g/mol. The van der Waals surface area contributed by atoms with Crippen molar-refractivity contribution >= 4 is 5.97 Å². The van der Waals surface area contributed by atoms with Gasteiger partial charge in [-0.05, 0) is 19.4 Å². The molecule has 1 aromatic carbocycles. The molecule has 1 unspecified atom stereocenters. The van der Waals surface area contributed by atoms with E-state index in [-0.39, 0.29) is 12.0 Å². The highest BCUT2D eigenvalue weighted by Gasteiger charge is 2.05. The summed E-state index contributed by atoms with van der Waals surface area (Å²) < 4.78 is 4.57. The summed E-state index contributed by atoms with van der Waals surface area (Å²) in [6.45, 7) is 4.79. The SMILES string of the molecule is COC(=O)CCNC(C)c1ccc(C)cc1. The van der Waals surface area contributed by atoms with Gasteiger partial charge in [0.1, 0.15) is 0 Å². The normalized spacial score (nSPS) is 12.2. The Labute approximate surface area is 96.8 Å². The van der Waals surface area contributed by atoms with Crippen molar-refractivity contribution in [3.05, 3.63) is 35.4 Å². The number of esters is 1. The van der Waals surface area contributed by atoms with Crippen LogP contribution in [0, 0.1) is 6.92 Å². The third-order valence-electron chi connectivity index (χ3n) is 2.58. The van der Waals surface area contributed by atoms with Gasteiger partial charge in [-0.15, -0.1) is 0 Å². The monoisotopic (exact) mass is 221 g/mol. The molecule has 0 aliphatic rings. The van der Waals surface area contributed by atoms with Crippen LogP contribution >= 0.6 is 0 Å². The van der Waals surface area contributed by atoms with E-state index in [4.69, 9.17) is 0 Å². The summed E-state index contributed by atoms with van der Waals surface area (Å²) in [7, 11) is 1.41. The van der Waals surface area contributed by atoms with Gasteiger partial charge in [0, 0.05) is 12.6 Å². The number of carbonyl (C=O) groups is 1. The Morgan fingerprint density at radius 2 is 2.00 bits per heavy atom. The summed E-state index contributed by atoms with van der Waals surface area (Å²) in [5.41, 5.74) is 2.49. The first kappa shape index (κ1) is 12.7. The minimum absolute atomic E-state index is 0.177. The molecule has 0 spiro atoms. The lowest BCUT2D eigenvalue weighted by molar-refractivity contribution is -0.140. The van der Waals surface area contributed by atoms with E-state index in [0.717, 1.165) is 0 Å². The van der Waals surface area contributed by atoms with E-state index in [1.807, 2.05) is 0 Å². The number of hydrogen-bond donors (Lipinski definition) is 1. The lowest BCUT2D eigenvalue weighted by Gasteiger charge is -2.13. The molecular formula is C13H19NO2. The largest absolute Gasteiger partial charge is 0.469 e. The molecule has 0 saturated carbocycles. The molecule has 0 amide bonds. The van der Waals surface area contributed by atoms with E-state index in [2.05, 4.69) is 48.2 Å². The van der Waals surface area contributed by atoms with Crippen molar-refractivity contribution in [2.45, 2.75) is 26.3 Å². The molecule has 1 atom stereocenters. The third-order valence-corrected chi connectivity index (χ3v) is 2.58. The molecule has 0 saturated heterocycles. The van der Waals surface area contributed by atoms with Crippen LogP contribution in [0.25, 0.3) is 0 Å². The Morgan fingerprint density at radius 3 is 2.56 bits per heavy atom. The lowest BCUT2D eigenvalue weighted by atomic mass is 10.1. The smallest absolute Gasteiger partial charge is 0.306 e. The maximum absolute atomic E-state index is 10.9. The summed E-state index contributed by atoms with van der Waals surface area (Å²) >= 11 is 0. The van der Waals surface area contributed by atoms with Gasteiger partial charge in [-0.25, -0.2) is 0 Å². The van der Waals surface area contributed by atoms with Crippen LogP contribution in [0.15, 0.2) is 24.3 Å². The summed E-state index contributed by atoms with van der Waals surface area (Å²) in [6, 6.07) is 8.64. The average Bonchev–Trinajstić information content (AvgIpc) is 2.29. The van der Waals surface area contributed by atoms with Gasteiger partial charge in [0.05, 0.1) is 13.5 Å². The number of nitrogens with one attached hydrogen (secondary N) is 1. The summed E-state index contributed by atoms with van der Waals surface area (Å²) in [4.78, 5) is 10.9. The van der Waals surface area contributed by atoms with Gasteiger partial charge in [0.2, 0.25) is 0 Å². The molecule has 0 bridgehead atoms. The van der Waals surface area contributed by atoms with E-state index in [1.54, 1.807) is 0 Å². The highest BCUT2D eigenvalue weighted by molar-refractivity contribution is 5.69. The van der Waals surface area contributed by atoms with E-state index in [1.165, 1.54) is 18.2 Å². The van der Waals surface area contributed by atoms with Crippen molar-refractivity contribution in [3.63, 3.8) is 0 Å². The second-order valence-corrected chi connectivity index (χ2v) is 3.91. The first-order valence-corrected chi connectivity index (χ1v) is 5.50. The predicted octanol–water partition coefficient (Wildman–Crippen LogP) is 2.21.